The van der Waals surface area contributed by atoms with Gasteiger partial charge < -0.3 is 20.1 Å². The van der Waals surface area contributed by atoms with Crippen molar-refractivity contribution >= 4 is 11.7 Å². The van der Waals surface area contributed by atoms with Gasteiger partial charge >= 0.3 is 6.03 Å². The molecule has 2 aromatic carbocycles. The summed E-state index contributed by atoms with van der Waals surface area (Å²) in [5, 5.41) is 5.75. The summed E-state index contributed by atoms with van der Waals surface area (Å²) in [5.74, 6) is 1.53. The van der Waals surface area contributed by atoms with Gasteiger partial charge in [0, 0.05) is 18.3 Å². The van der Waals surface area contributed by atoms with Gasteiger partial charge in [0.05, 0.1) is 13.7 Å². The molecule has 0 heterocycles. The minimum atomic E-state index is -0.238. The number of amides is 2. The molecule has 0 spiro atoms. The molecule has 0 saturated carbocycles. The fraction of sp³-hybridized carbons (Fsp3) is 0.381. The van der Waals surface area contributed by atoms with Crippen LogP contribution in [-0.4, -0.2) is 26.3 Å². The normalized spacial score (nSPS) is 11.5. The van der Waals surface area contributed by atoms with Crippen LogP contribution in [0, 0.1) is 0 Å². The van der Waals surface area contributed by atoms with Gasteiger partial charge in [-0.15, -0.1) is 0 Å². The lowest BCUT2D eigenvalue weighted by atomic mass is 10.0. The lowest BCUT2D eigenvalue weighted by molar-refractivity contribution is 0.251. The predicted octanol–water partition coefficient (Wildman–Crippen LogP) is 4.80. The average molecular weight is 356 g/mol. The molecule has 2 rings (SSSR count). The quantitative estimate of drug-likeness (QED) is 0.635. The van der Waals surface area contributed by atoms with Gasteiger partial charge in [0.2, 0.25) is 0 Å². The third-order valence-electron chi connectivity index (χ3n) is 4.11. The SMILES string of the molecule is CCCCOc1cc(NC(=O)NCC(C)c2ccccc2)ccc1OC. The number of nitrogens with one attached hydrogen (secondary N) is 2. The number of urea groups is 1. The number of methoxy groups -OCH3 is 1. The van der Waals surface area contributed by atoms with Crippen LogP contribution in [0.5, 0.6) is 11.5 Å². The van der Waals surface area contributed by atoms with Gasteiger partial charge in [-0.25, -0.2) is 4.79 Å². The van der Waals surface area contributed by atoms with E-state index in [4.69, 9.17) is 9.47 Å². The number of anilines is 1. The molecule has 1 atom stereocenters. The third kappa shape index (κ3) is 5.99. The van der Waals surface area contributed by atoms with Crippen LogP contribution in [0.1, 0.15) is 38.2 Å². The Morgan fingerprint density at radius 1 is 1.12 bits per heavy atom. The Labute approximate surface area is 155 Å². The van der Waals surface area contributed by atoms with Crippen molar-refractivity contribution in [2.45, 2.75) is 32.6 Å². The van der Waals surface area contributed by atoms with Gasteiger partial charge in [0.15, 0.2) is 11.5 Å². The van der Waals surface area contributed by atoms with Crippen molar-refractivity contribution in [3.05, 3.63) is 54.1 Å². The number of hydrogen-bond donors (Lipinski definition) is 2. The van der Waals surface area contributed by atoms with Crippen molar-refractivity contribution in [2.75, 3.05) is 25.6 Å². The minimum absolute atomic E-state index is 0.238. The molecule has 2 aromatic rings. The fourth-order valence-corrected chi connectivity index (χ4v) is 2.51. The zero-order valence-corrected chi connectivity index (χ0v) is 15.7. The van der Waals surface area contributed by atoms with Gasteiger partial charge in [-0.2, -0.15) is 0 Å². The molecule has 5 nitrogen and oxygen atoms in total. The highest BCUT2D eigenvalue weighted by atomic mass is 16.5. The fourth-order valence-electron chi connectivity index (χ4n) is 2.51. The van der Waals surface area contributed by atoms with Gasteiger partial charge in [-0.05, 0) is 30.0 Å². The molecule has 2 amide bonds. The van der Waals surface area contributed by atoms with Crippen molar-refractivity contribution in [1.29, 1.82) is 0 Å². The Kier molecular flexibility index (Phi) is 7.80. The van der Waals surface area contributed by atoms with Crippen LogP contribution in [0.3, 0.4) is 0 Å². The molecule has 0 radical (unpaired) electrons. The van der Waals surface area contributed by atoms with Crippen molar-refractivity contribution in [3.8, 4) is 11.5 Å². The molecule has 140 valence electrons. The Balaban J connectivity index is 1.90. The second kappa shape index (κ2) is 10.3. The molecule has 0 bridgehead atoms. The molecule has 2 N–H and O–H groups in total. The van der Waals surface area contributed by atoms with Crippen LogP contribution in [0.2, 0.25) is 0 Å². The molecule has 5 heteroatoms. The first-order valence-electron chi connectivity index (χ1n) is 9.04. The van der Waals surface area contributed by atoms with E-state index < -0.39 is 0 Å². The summed E-state index contributed by atoms with van der Waals surface area (Å²) >= 11 is 0. The van der Waals surface area contributed by atoms with Gasteiger partial charge in [-0.1, -0.05) is 50.6 Å². The number of ether oxygens (including phenoxy) is 2. The summed E-state index contributed by atoms with van der Waals surface area (Å²) in [5.41, 5.74) is 1.87. The topological polar surface area (TPSA) is 59.6 Å². The van der Waals surface area contributed by atoms with Crippen LogP contribution in [-0.2, 0) is 0 Å². The molecule has 26 heavy (non-hydrogen) atoms. The number of carbonyl (C=O) groups excluding carboxylic acids is 1. The summed E-state index contributed by atoms with van der Waals surface area (Å²) < 4.78 is 11.1. The molecule has 0 aliphatic heterocycles. The van der Waals surface area contributed by atoms with E-state index in [1.807, 2.05) is 18.2 Å². The predicted molar refractivity (Wildman–Crippen MR) is 105 cm³/mol. The summed E-state index contributed by atoms with van der Waals surface area (Å²) in [4.78, 5) is 12.2. The highest BCUT2D eigenvalue weighted by Crippen LogP contribution is 2.30. The molecule has 0 aliphatic carbocycles. The molecule has 0 saturated heterocycles. The first kappa shape index (κ1) is 19.6. The number of hydrogen-bond acceptors (Lipinski definition) is 3. The largest absolute Gasteiger partial charge is 0.493 e. The van der Waals surface area contributed by atoms with Gasteiger partial charge in [-0.3, -0.25) is 0 Å². The minimum Gasteiger partial charge on any atom is -0.493 e. The Morgan fingerprint density at radius 2 is 1.88 bits per heavy atom. The second-order valence-electron chi connectivity index (χ2n) is 6.21. The first-order chi connectivity index (χ1) is 12.6. The summed E-state index contributed by atoms with van der Waals surface area (Å²) in [7, 11) is 1.60. The summed E-state index contributed by atoms with van der Waals surface area (Å²) in [6.45, 7) is 5.38. The van der Waals surface area contributed by atoms with E-state index in [1.54, 1.807) is 25.3 Å². The molecule has 0 aromatic heterocycles. The highest BCUT2D eigenvalue weighted by molar-refractivity contribution is 5.89. The molecular weight excluding hydrogens is 328 g/mol. The average Bonchev–Trinajstić information content (AvgIpc) is 2.67. The number of rotatable bonds is 9. The van der Waals surface area contributed by atoms with Crippen LogP contribution < -0.4 is 20.1 Å². The van der Waals surface area contributed by atoms with Crippen molar-refractivity contribution in [2.24, 2.45) is 0 Å². The third-order valence-corrected chi connectivity index (χ3v) is 4.11. The first-order valence-corrected chi connectivity index (χ1v) is 9.04. The second-order valence-corrected chi connectivity index (χ2v) is 6.21. The Morgan fingerprint density at radius 3 is 2.58 bits per heavy atom. The number of benzene rings is 2. The van der Waals surface area contributed by atoms with E-state index in [9.17, 15) is 4.79 Å². The lowest BCUT2D eigenvalue weighted by Gasteiger charge is -2.15. The van der Waals surface area contributed by atoms with E-state index in [2.05, 4.69) is 36.6 Å². The maximum absolute atomic E-state index is 12.2. The Hall–Kier alpha value is -2.69. The number of unbranched alkanes of at least 4 members (excludes halogenated alkanes) is 1. The van der Waals surface area contributed by atoms with Crippen molar-refractivity contribution in [3.63, 3.8) is 0 Å². The monoisotopic (exact) mass is 356 g/mol. The molecule has 1 unspecified atom stereocenters. The van der Waals surface area contributed by atoms with Crippen LogP contribution >= 0.6 is 0 Å². The standard InChI is InChI=1S/C21H28N2O3/c1-4-5-13-26-20-14-18(11-12-19(20)25-3)23-21(24)22-15-16(2)17-9-7-6-8-10-17/h6-12,14,16H,4-5,13,15H2,1-3H3,(H2,22,23,24). The maximum Gasteiger partial charge on any atom is 0.319 e. The van der Waals surface area contributed by atoms with Crippen molar-refractivity contribution < 1.29 is 14.3 Å². The zero-order chi connectivity index (χ0) is 18.8. The zero-order valence-electron chi connectivity index (χ0n) is 15.7. The van der Waals surface area contributed by atoms with E-state index in [-0.39, 0.29) is 11.9 Å². The lowest BCUT2D eigenvalue weighted by Crippen LogP contribution is -2.31. The van der Waals surface area contributed by atoms with Crippen LogP contribution in [0.15, 0.2) is 48.5 Å². The summed E-state index contributed by atoms with van der Waals surface area (Å²) in [6.07, 6.45) is 2.03. The van der Waals surface area contributed by atoms with E-state index in [0.29, 0.717) is 30.3 Å². The van der Waals surface area contributed by atoms with E-state index in [0.717, 1.165) is 12.8 Å². The molecule has 0 fully saturated rings. The maximum atomic E-state index is 12.2. The van der Waals surface area contributed by atoms with Crippen molar-refractivity contribution in [1.82, 2.24) is 5.32 Å². The van der Waals surface area contributed by atoms with Gasteiger partial charge in [0.1, 0.15) is 0 Å². The molecule has 0 aliphatic rings. The van der Waals surface area contributed by atoms with E-state index >= 15 is 0 Å². The van der Waals surface area contributed by atoms with Crippen LogP contribution in [0.25, 0.3) is 0 Å². The molecular formula is C21H28N2O3. The van der Waals surface area contributed by atoms with E-state index in [1.165, 1.54) is 5.56 Å². The smallest absolute Gasteiger partial charge is 0.319 e. The summed E-state index contributed by atoms with van der Waals surface area (Å²) in [6, 6.07) is 15.3. The number of carbonyl (C=O) groups is 1. The van der Waals surface area contributed by atoms with Crippen LogP contribution in [0.4, 0.5) is 10.5 Å². The highest BCUT2D eigenvalue weighted by Gasteiger charge is 2.10. The Bertz CT molecular complexity index is 689. The van der Waals surface area contributed by atoms with Gasteiger partial charge in [0.25, 0.3) is 0 Å².